The molecule has 0 radical (unpaired) electrons. The number of aromatic nitrogens is 1. The van der Waals surface area contributed by atoms with Gasteiger partial charge in [-0.2, -0.15) is 0 Å². The summed E-state index contributed by atoms with van der Waals surface area (Å²) in [6, 6.07) is 11.4. The molecule has 4 rings (SSSR count). The summed E-state index contributed by atoms with van der Waals surface area (Å²) in [5.74, 6) is -0.711. The van der Waals surface area contributed by atoms with E-state index in [9.17, 15) is 22.4 Å². The Hall–Kier alpha value is -3.16. The van der Waals surface area contributed by atoms with E-state index in [4.69, 9.17) is 0 Å². The number of amides is 1. The molecule has 0 bridgehead atoms. The molecule has 1 aromatic heterocycles. The quantitative estimate of drug-likeness (QED) is 0.416. The summed E-state index contributed by atoms with van der Waals surface area (Å²) >= 11 is 0. The van der Waals surface area contributed by atoms with Gasteiger partial charge in [0.15, 0.2) is 0 Å². The van der Waals surface area contributed by atoms with Crippen LogP contribution in [0.3, 0.4) is 0 Å². The van der Waals surface area contributed by atoms with Gasteiger partial charge in [-0.1, -0.05) is 6.92 Å². The first-order chi connectivity index (χ1) is 16.0. The van der Waals surface area contributed by atoms with Gasteiger partial charge in [-0.15, -0.1) is 13.2 Å². The van der Waals surface area contributed by atoms with E-state index in [-0.39, 0.29) is 40.4 Å². The number of alkyl halides is 3. The van der Waals surface area contributed by atoms with Crippen molar-refractivity contribution < 1.29 is 27.1 Å². The van der Waals surface area contributed by atoms with Gasteiger partial charge in [0.05, 0.1) is 5.52 Å². The molecule has 1 aliphatic rings. The van der Waals surface area contributed by atoms with E-state index in [2.05, 4.69) is 22.0 Å². The number of hydrogen-bond donors (Lipinski definition) is 1. The Morgan fingerprint density at radius 3 is 2.44 bits per heavy atom. The van der Waals surface area contributed by atoms with E-state index in [0.29, 0.717) is 0 Å². The fraction of sp³-hybridized carbons (Fsp3) is 0.385. The third-order valence-corrected chi connectivity index (χ3v) is 7.05. The van der Waals surface area contributed by atoms with E-state index in [1.54, 1.807) is 18.3 Å². The van der Waals surface area contributed by atoms with Crippen LogP contribution < -0.4 is 10.1 Å². The SMILES string of the molecule is C[C@H](NC(=O)c1ccc(OC(F)(F)F)cc1)C1(C)CCC(c2ccnc3ccc(F)cc23)CC1. The lowest BCUT2D eigenvalue weighted by Gasteiger charge is -2.42. The predicted octanol–water partition coefficient (Wildman–Crippen LogP) is 6.75. The number of carbonyl (C=O) groups excluding carboxylic acids is 1. The molecule has 2 aromatic carbocycles. The average Bonchev–Trinajstić information content (AvgIpc) is 2.78. The summed E-state index contributed by atoms with van der Waals surface area (Å²) in [5.41, 5.74) is 2.01. The largest absolute Gasteiger partial charge is 0.573 e. The zero-order valence-corrected chi connectivity index (χ0v) is 19.0. The van der Waals surface area contributed by atoms with Gasteiger partial charge >= 0.3 is 6.36 Å². The molecule has 0 saturated heterocycles. The maximum atomic E-state index is 13.8. The van der Waals surface area contributed by atoms with Crippen LogP contribution in [0.25, 0.3) is 10.9 Å². The van der Waals surface area contributed by atoms with Crippen molar-refractivity contribution >= 4 is 16.8 Å². The van der Waals surface area contributed by atoms with Crippen molar-refractivity contribution in [2.45, 2.75) is 57.9 Å². The van der Waals surface area contributed by atoms with Gasteiger partial charge in [-0.25, -0.2) is 4.39 Å². The molecule has 1 aliphatic carbocycles. The highest BCUT2D eigenvalue weighted by atomic mass is 19.4. The first-order valence-electron chi connectivity index (χ1n) is 11.2. The molecule has 1 saturated carbocycles. The van der Waals surface area contributed by atoms with E-state index < -0.39 is 6.36 Å². The number of ether oxygens (including phenoxy) is 1. The van der Waals surface area contributed by atoms with E-state index >= 15 is 0 Å². The van der Waals surface area contributed by atoms with Crippen LogP contribution in [-0.4, -0.2) is 23.3 Å². The van der Waals surface area contributed by atoms with Crippen molar-refractivity contribution in [1.82, 2.24) is 10.3 Å². The molecule has 1 fully saturated rings. The zero-order valence-electron chi connectivity index (χ0n) is 19.0. The van der Waals surface area contributed by atoms with Gasteiger partial charge in [-0.05, 0) is 98.0 Å². The van der Waals surface area contributed by atoms with Crippen molar-refractivity contribution in [3.05, 3.63) is 71.7 Å². The minimum Gasteiger partial charge on any atom is -0.406 e. The lowest BCUT2D eigenvalue weighted by atomic mass is 9.66. The molecule has 0 spiro atoms. The van der Waals surface area contributed by atoms with Crippen LogP contribution in [-0.2, 0) is 0 Å². The maximum absolute atomic E-state index is 13.8. The molecule has 4 nitrogen and oxygen atoms in total. The monoisotopic (exact) mass is 474 g/mol. The Bertz CT molecular complexity index is 1170. The van der Waals surface area contributed by atoms with Gasteiger partial charge < -0.3 is 10.1 Å². The molecule has 180 valence electrons. The first-order valence-corrected chi connectivity index (χ1v) is 11.2. The summed E-state index contributed by atoms with van der Waals surface area (Å²) in [6.07, 6.45) is 0.526. The summed E-state index contributed by atoms with van der Waals surface area (Å²) in [4.78, 5) is 17.0. The van der Waals surface area contributed by atoms with Crippen molar-refractivity contribution in [2.75, 3.05) is 0 Å². The molecule has 1 N–H and O–H groups in total. The van der Waals surface area contributed by atoms with Crippen LogP contribution in [0.15, 0.2) is 54.7 Å². The Labute approximate surface area is 195 Å². The van der Waals surface area contributed by atoms with E-state index in [1.807, 2.05) is 13.0 Å². The Morgan fingerprint density at radius 1 is 1.12 bits per heavy atom. The maximum Gasteiger partial charge on any atom is 0.573 e. The number of benzene rings is 2. The Kier molecular flexibility index (Phi) is 6.51. The van der Waals surface area contributed by atoms with Crippen LogP contribution in [0.1, 0.15) is 61.4 Å². The summed E-state index contributed by atoms with van der Waals surface area (Å²) < 4.78 is 54.7. The highest BCUT2D eigenvalue weighted by molar-refractivity contribution is 5.94. The minimum atomic E-state index is -4.78. The molecular weight excluding hydrogens is 448 g/mol. The summed E-state index contributed by atoms with van der Waals surface area (Å²) in [6.45, 7) is 4.09. The topological polar surface area (TPSA) is 51.2 Å². The minimum absolute atomic E-state index is 0.139. The molecule has 1 atom stereocenters. The van der Waals surface area contributed by atoms with E-state index in [1.165, 1.54) is 18.2 Å². The van der Waals surface area contributed by atoms with Gasteiger partial charge in [0.25, 0.3) is 5.91 Å². The average molecular weight is 474 g/mol. The number of hydrogen-bond acceptors (Lipinski definition) is 3. The zero-order chi connectivity index (χ0) is 24.5. The molecule has 34 heavy (non-hydrogen) atoms. The number of rotatable bonds is 5. The van der Waals surface area contributed by atoms with Crippen molar-refractivity contribution in [2.24, 2.45) is 5.41 Å². The van der Waals surface area contributed by atoms with Crippen molar-refractivity contribution in [3.63, 3.8) is 0 Å². The molecule has 0 unspecified atom stereocenters. The third-order valence-electron chi connectivity index (χ3n) is 7.05. The Morgan fingerprint density at radius 2 is 1.79 bits per heavy atom. The van der Waals surface area contributed by atoms with E-state index in [0.717, 1.165) is 54.3 Å². The number of fused-ring (bicyclic) bond motifs is 1. The fourth-order valence-electron chi connectivity index (χ4n) is 4.78. The third kappa shape index (κ3) is 5.32. The number of halogens is 4. The molecule has 1 amide bonds. The van der Waals surface area contributed by atoms with Gasteiger partial charge in [-0.3, -0.25) is 9.78 Å². The van der Waals surface area contributed by atoms with Crippen LogP contribution >= 0.6 is 0 Å². The molecule has 3 aromatic rings. The van der Waals surface area contributed by atoms with Gasteiger partial charge in [0, 0.05) is 23.2 Å². The lowest BCUT2D eigenvalue weighted by Crippen LogP contribution is -2.46. The molecule has 0 aliphatic heterocycles. The highest BCUT2D eigenvalue weighted by Crippen LogP contribution is 2.46. The smallest absolute Gasteiger partial charge is 0.406 e. The molecule has 1 heterocycles. The second-order valence-electron chi connectivity index (χ2n) is 9.26. The van der Waals surface area contributed by atoms with Gasteiger partial charge in [0.1, 0.15) is 11.6 Å². The predicted molar refractivity (Wildman–Crippen MR) is 121 cm³/mol. The second-order valence-corrected chi connectivity index (χ2v) is 9.26. The number of pyridine rings is 1. The number of carbonyl (C=O) groups is 1. The van der Waals surface area contributed by atoms with Crippen LogP contribution in [0, 0.1) is 11.2 Å². The van der Waals surface area contributed by atoms with Crippen molar-refractivity contribution in [1.29, 1.82) is 0 Å². The van der Waals surface area contributed by atoms with Crippen LogP contribution in [0.2, 0.25) is 0 Å². The normalized spacial score (nSPS) is 21.8. The Balaban J connectivity index is 1.39. The molecular formula is C26H26F4N2O2. The number of nitrogens with zero attached hydrogens (tertiary/aromatic N) is 1. The van der Waals surface area contributed by atoms with Crippen LogP contribution in [0.5, 0.6) is 5.75 Å². The second kappa shape index (κ2) is 9.24. The molecule has 8 heteroatoms. The number of nitrogens with one attached hydrogen (secondary N) is 1. The highest BCUT2D eigenvalue weighted by Gasteiger charge is 2.37. The van der Waals surface area contributed by atoms with Crippen LogP contribution in [0.4, 0.5) is 17.6 Å². The summed E-state index contributed by atoms with van der Waals surface area (Å²) in [7, 11) is 0. The van der Waals surface area contributed by atoms with Gasteiger partial charge in [0.2, 0.25) is 0 Å². The fourth-order valence-corrected chi connectivity index (χ4v) is 4.78. The standard InChI is InChI=1S/C26H26F4N2O2/c1-16(32-24(33)18-3-6-20(7-4-18)34-26(28,29)30)25(2)12-9-17(10-13-25)21-11-14-31-23-8-5-19(27)15-22(21)23/h3-8,11,14-17H,9-10,12-13H2,1-2H3,(H,32,33)/t16-,17?,25?/m0/s1. The van der Waals surface area contributed by atoms with Crippen molar-refractivity contribution in [3.8, 4) is 5.75 Å². The first kappa shape index (κ1) is 24.0. The summed E-state index contributed by atoms with van der Waals surface area (Å²) in [5, 5.41) is 3.85. The lowest BCUT2D eigenvalue weighted by molar-refractivity contribution is -0.274.